The molecule has 0 saturated carbocycles. The van der Waals surface area contributed by atoms with E-state index in [1.165, 1.54) is 4.90 Å². The van der Waals surface area contributed by atoms with Crippen molar-refractivity contribution in [3.05, 3.63) is 59.4 Å². The van der Waals surface area contributed by atoms with Crippen molar-refractivity contribution in [3.63, 3.8) is 0 Å². The number of hydrogen-bond acceptors (Lipinski definition) is 3. The summed E-state index contributed by atoms with van der Waals surface area (Å²) in [6.45, 7) is 1.74. The number of rotatable bonds is 3. The van der Waals surface area contributed by atoms with Gasteiger partial charge < -0.3 is 14.5 Å². The van der Waals surface area contributed by atoms with Crippen LogP contribution in [0.15, 0.2) is 36.4 Å². The minimum absolute atomic E-state index is 0.343. The van der Waals surface area contributed by atoms with E-state index in [9.17, 15) is 18.0 Å². The number of methoxy groups -OCH3 is 1. The molecule has 2 aromatic rings. The van der Waals surface area contributed by atoms with Crippen molar-refractivity contribution in [2.75, 3.05) is 38.2 Å². The Kier molecular flexibility index (Phi) is 4.83. The average Bonchev–Trinajstić information content (AvgIpc) is 2.66. The van der Waals surface area contributed by atoms with Gasteiger partial charge in [0.25, 0.3) is 5.91 Å². The Balaban J connectivity index is 1.72. The van der Waals surface area contributed by atoms with Gasteiger partial charge in [0.1, 0.15) is 5.75 Å². The van der Waals surface area contributed by atoms with Gasteiger partial charge in [-0.25, -0.2) is 13.2 Å². The quantitative estimate of drug-likeness (QED) is 0.798. The van der Waals surface area contributed by atoms with Gasteiger partial charge in [-0.2, -0.15) is 0 Å². The lowest BCUT2D eigenvalue weighted by Gasteiger charge is -2.36. The third kappa shape index (κ3) is 3.26. The molecule has 1 amide bonds. The summed E-state index contributed by atoms with van der Waals surface area (Å²) >= 11 is 0. The molecule has 0 aromatic heterocycles. The zero-order valence-electron chi connectivity index (χ0n) is 13.6. The third-order valence-corrected chi connectivity index (χ3v) is 4.26. The molecule has 1 fully saturated rings. The molecular weight excluding hydrogens is 333 g/mol. The molecule has 3 rings (SSSR count). The standard InChI is InChI=1S/C18H17F3N2O2/c1-25-15-5-3-2-4-14(15)22-8-10-23(11-9-22)18(24)12-6-7-13(19)17(21)16(12)20/h2-7H,8-11H2,1H3. The Morgan fingerprint density at radius 3 is 2.32 bits per heavy atom. The molecule has 1 aliphatic rings. The van der Waals surface area contributed by atoms with Gasteiger partial charge in [0.15, 0.2) is 17.5 Å². The van der Waals surface area contributed by atoms with E-state index in [0.29, 0.717) is 26.2 Å². The van der Waals surface area contributed by atoms with Crippen molar-refractivity contribution in [3.8, 4) is 5.75 Å². The molecule has 0 N–H and O–H groups in total. The highest BCUT2D eigenvalue weighted by Crippen LogP contribution is 2.28. The van der Waals surface area contributed by atoms with Crippen LogP contribution in [0.3, 0.4) is 0 Å². The van der Waals surface area contributed by atoms with Crippen LogP contribution in [-0.4, -0.2) is 44.1 Å². The van der Waals surface area contributed by atoms with E-state index in [1.807, 2.05) is 24.3 Å². The van der Waals surface area contributed by atoms with Crippen LogP contribution < -0.4 is 9.64 Å². The van der Waals surface area contributed by atoms with Crippen molar-refractivity contribution in [2.45, 2.75) is 0 Å². The lowest BCUT2D eigenvalue weighted by molar-refractivity contribution is 0.0740. The van der Waals surface area contributed by atoms with Crippen molar-refractivity contribution in [1.82, 2.24) is 4.90 Å². The molecular formula is C18H17F3N2O2. The second-order valence-corrected chi connectivity index (χ2v) is 5.67. The summed E-state index contributed by atoms with van der Waals surface area (Å²) in [7, 11) is 1.59. The fourth-order valence-electron chi connectivity index (χ4n) is 2.90. The summed E-state index contributed by atoms with van der Waals surface area (Å²) in [6, 6.07) is 9.27. The predicted molar refractivity (Wildman–Crippen MR) is 87.4 cm³/mol. The summed E-state index contributed by atoms with van der Waals surface area (Å²) in [5.74, 6) is -4.30. The van der Waals surface area contributed by atoms with Gasteiger partial charge in [0, 0.05) is 26.2 Å². The van der Waals surface area contributed by atoms with Crippen LogP contribution >= 0.6 is 0 Å². The fourth-order valence-corrected chi connectivity index (χ4v) is 2.90. The van der Waals surface area contributed by atoms with Crippen molar-refractivity contribution in [1.29, 1.82) is 0 Å². The zero-order valence-corrected chi connectivity index (χ0v) is 13.6. The first-order valence-electron chi connectivity index (χ1n) is 7.83. The van der Waals surface area contributed by atoms with E-state index in [1.54, 1.807) is 7.11 Å². The molecule has 25 heavy (non-hydrogen) atoms. The van der Waals surface area contributed by atoms with Gasteiger partial charge in [0.05, 0.1) is 18.4 Å². The number of ether oxygens (including phenoxy) is 1. The van der Waals surface area contributed by atoms with E-state index in [-0.39, 0.29) is 0 Å². The molecule has 0 atom stereocenters. The molecule has 1 saturated heterocycles. The first kappa shape index (κ1) is 17.1. The molecule has 4 nitrogen and oxygen atoms in total. The normalized spacial score (nSPS) is 14.6. The van der Waals surface area contributed by atoms with Gasteiger partial charge in [-0.1, -0.05) is 12.1 Å². The molecule has 132 valence electrons. The van der Waals surface area contributed by atoms with Gasteiger partial charge in [-0.15, -0.1) is 0 Å². The highest BCUT2D eigenvalue weighted by molar-refractivity contribution is 5.94. The Morgan fingerprint density at radius 1 is 0.960 bits per heavy atom. The lowest BCUT2D eigenvalue weighted by atomic mass is 10.1. The molecule has 2 aromatic carbocycles. The topological polar surface area (TPSA) is 32.8 Å². The summed E-state index contributed by atoms with van der Waals surface area (Å²) in [5, 5.41) is 0. The number of piperazine rings is 1. The SMILES string of the molecule is COc1ccccc1N1CCN(C(=O)c2ccc(F)c(F)c2F)CC1. The molecule has 1 heterocycles. The maximum atomic E-state index is 13.8. The van der Waals surface area contributed by atoms with Crippen molar-refractivity contribution in [2.24, 2.45) is 0 Å². The average molecular weight is 350 g/mol. The van der Waals surface area contributed by atoms with Gasteiger partial charge >= 0.3 is 0 Å². The van der Waals surface area contributed by atoms with E-state index in [0.717, 1.165) is 23.6 Å². The number of halogens is 3. The Morgan fingerprint density at radius 2 is 1.64 bits per heavy atom. The largest absolute Gasteiger partial charge is 0.495 e. The molecule has 0 spiro atoms. The van der Waals surface area contributed by atoms with Gasteiger partial charge in [-0.3, -0.25) is 4.79 Å². The van der Waals surface area contributed by atoms with Crippen LogP contribution in [0.4, 0.5) is 18.9 Å². The molecule has 0 aliphatic carbocycles. The molecule has 7 heteroatoms. The Bertz CT molecular complexity index is 790. The second kappa shape index (κ2) is 7.04. The van der Waals surface area contributed by atoms with Crippen LogP contribution in [0.2, 0.25) is 0 Å². The number of carbonyl (C=O) groups is 1. The third-order valence-electron chi connectivity index (χ3n) is 4.26. The minimum atomic E-state index is -1.63. The number of carbonyl (C=O) groups excluding carboxylic acids is 1. The smallest absolute Gasteiger partial charge is 0.257 e. The Labute approximate surface area is 143 Å². The Hall–Kier alpha value is -2.70. The minimum Gasteiger partial charge on any atom is -0.495 e. The number of benzene rings is 2. The van der Waals surface area contributed by atoms with E-state index < -0.39 is 28.9 Å². The summed E-state index contributed by atoms with van der Waals surface area (Å²) in [4.78, 5) is 15.9. The number of anilines is 1. The van der Waals surface area contributed by atoms with E-state index >= 15 is 0 Å². The maximum Gasteiger partial charge on any atom is 0.257 e. The molecule has 1 aliphatic heterocycles. The van der Waals surface area contributed by atoms with Crippen molar-refractivity contribution < 1.29 is 22.7 Å². The summed E-state index contributed by atoms with van der Waals surface area (Å²) in [6.07, 6.45) is 0. The monoisotopic (exact) mass is 350 g/mol. The van der Waals surface area contributed by atoms with Crippen LogP contribution in [0, 0.1) is 17.5 Å². The fraction of sp³-hybridized carbons (Fsp3) is 0.278. The molecule has 0 unspecified atom stereocenters. The first-order valence-corrected chi connectivity index (χ1v) is 7.83. The van der Waals surface area contributed by atoms with Crippen LogP contribution in [0.25, 0.3) is 0 Å². The maximum absolute atomic E-state index is 13.8. The van der Waals surface area contributed by atoms with Gasteiger partial charge in [0.2, 0.25) is 0 Å². The molecule has 0 radical (unpaired) electrons. The number of nitrogens with zero attached hydrogens (tertiary/aromatic N) is 2. The van der Waals surface area contributed by atoms with E-state index in [2.05, 4.69) is 4.90 Å². The first-order chi connectivity index (χ1) is 12.0. The van der Waals surface area contributed by atoms with Crippen LogP contribution in [-0.2, 0) is 0 Å². The second-order valence-electron chi connectivity index (χ2n) is 5.67. The molecule has 0 bridgehead atoms. The summed E-state index contributed by atoms with van der Waals surface area (Å²) < 4.78 is 45.5. The lowest BCUT2D eigenvalue weighted by Crippen LogP contribution is -2.49. The highest BCUT2D eigenvalue weighted by atomic mass is 19.2. The number of amides is 1. The van der Waals surface area contributed by atoms with E-state index in [4.69, 9.17) is 4.74 Å². The summed E-state index contributed by atoms with van der Waals surface area (Å²) in [5.41, 5.74) is 0.459. The number of para-hydroxylation sites is 2. The van der Waals surface area contributed by atoms with Crippen molar-refractivity contribution >= 4 is 11.6 Å². The number of hydrogen-bond donors (Lipinski definition) is 0. The highest BCUT2D eigenvalue weighted by Gasteiger charge is 2.27. The van der Waals surface area contributed by atoms with Crippen LogP contribution in [0.1, 0.15) is 10.4 Å². The zero-order chi connectivity index (χ0) is 18.0. The van der Waals surface area contributed by atoms with Gasteiger partial charge in [-0.05, 0) is 24.3 Å². The van der Waals surface area contributed by atoms with Crippen LogP contribution in [0.5, 0.6) is 5.75 Å². The predicted octanol–water partition coefficient (Wildman–Crippen LogP) is 3.07.